The number of hydrogen-bond donors (Lipinski definition) is 0. The van der Waals surface area contributed by atoms with Gasteiger partial charge in [0.2, 0.25) is 0 Å². The van der Waals surface area contributed by atoms with Crippen LogP contribution in [0.2, 0.25) is 0 Å². The molecule has 0 radical (unpaired) electrons. The minimum Gasteiger partial charge on any atom is -0.255 e. The van der Waals surface area contributed by atoms with E-state index in [1.54, 1.807) is 6.20 Å². The number of fused-ring (bicyclic) bond motifs is 1. The lowest BCUT2D eigenvalue weighted by Gasteiger charge is -1.99. The molecule has 0 bridgehead atoms. The Morgan fingerprint density at radius 1 is 1.25 bits per heavy atom. The molecule has 2 nitrogen and oxygen atoms in total. The largest absolute Gasteiger partial charge is 0.255 e. The molecule has 0 amide bonds. The monoisotopic (exact) mass is 212 g/mol. The smallest absolute Gasteiger partial charge is 0.0892 e. The zero-order valence-corrected chi connectivity index (χ0v) is 9.72. The van der Waals surface area contributed by atoms with Crippen molar-refractivity contribution in [2.75, 3.05) is 0 Å². The van der Waals surface area contributed by atoms with E-state index in [1.807, 2.05) is 18.3 Å². The lowest BCUT2D eigenvalue weighted by molar-refractivity contribution is 0.665. The van der Waals surface area contributed by atoms with Gasteiger partial charge in [-0.25, -0.2) is 0 Å². The first kappa shape index (κ1) is 10.8. The summed E-state index contributed by atoms with van der Waals surface area (Å²) in [6, 6.07) is 5.95. The summed E-state index contributed by atoms with van der Waals surface area (Å²) < 4.78 is 0. The number of aromatic nitrogens is 2. The van der Waals surface area contributed by atoms with E-state index in [1.165, 1.54) is 0 Å². The third kappa shape index (κ3) is 2.66. The second kappa shape index (κ2) is 4.88. The second-order valence-corrected chi connectivity index (χ2v) is 4.34. The van der Waals surface area contributed by atoms with Crippen LogP contribution in [0.15, 0.2) is 36.7 Å². The highest BCUT2D eigenvalue weighted by molar-refractivity contribution is 5.76. The molecule has 0 fully saturated rings. The van der Waals surface area contributed by atoms with Crippen molar-refractivity contribution in [3.8, 4) is 0 Å². The Balaban J connectivity index is 2.22. The third-order valence-electron chi connectivity index (χ3n) is 2.39. The van der Waals surface area contributed by atoms with E-state index in [2.05, 4.69) is 42.0 Å². The quantitative estimate of drug-likeness (QED) is 0.775. The lowest BCUT2D eigenvalue weighted by atomic mass is 10.1. The molecule has 0 aliphatic carbocycles. The first-order chi connectivity index (χ1) is 7.75. The predicted octanol–water partition coefficient (Wildman–Crippen LogP) is 3.69. The molecular formula is C14H16N2. The van der Waals surface area contributed by atoms with Crippen LogP contribution < -0.4 is 0 Å². The Hall–Kier alpha value is -1.70. The average molecular weight is 212 g/mol. The summed E-state index contributed by atoms with van der Waals surface area (Å²) >= 11 is 0. The number of pyridine rings is 2. The van der Waals surface area contributed by atoms with Crippen molar-refractivity contribution in [3.05, 3.63) is 42.2 Å². The van der Waals surface area contributed by atoms with Gasteiger partial charge in [-0.3, -0.25) is 9.97 Å². The van der Waals surface area contributed by atoms with Gasteiger partial charge in [0.25, 0.3) is 0 Å². The van der Waals surface area contributed by atoms with E-state index in [4.69, 9.17) is 0 Å². The van der Waals surface area contributed by atoms with Gasteiger partial charge in [-0.05, 0) is 36.1 Å². The van der Waals surface area contributed by atoms with Crippen molar-refractivity contribution >= 4 is 17.1 Å². The molecule has 0 aromatic carbocycles. The molecule has 2 aromatic rings. The fourth-order valence-electron chi connectivity index (χ4n) is 1.54. The van der Waals surface area contributed by atoms with Gasteiger partial charge >= 0.3 is 0 Å². The molecule has 0 unspecified atom stereocenters. The summed E-state index contributed by atoms with van der Waals surface area (Å²) in [5.74, 6) is 0.697. The van der Waals surface area contributed by atoms with Crippen LogP contribution in [0.5, 0.6) is 0 Å². The van der Waals surface area contributed by atoms with E-state index in [0.29, 0.717) is 5.92 Å². The van der Waals surface area contributed by atoms with Gasteiger partial charge in [-0.15, -0.1) is 0 Å². The van der Waals surface area contributed by atoms with Crippen molar-refractivity contribution in [1.82, 2.24) is 9.97 Å². The highest BCUT2D eigenvalue weighted by atomic mass is 14.7. The van der Waals surface area contributed by atoms with Crippen LogP contribution in [0.4, 0.5) is 0 Å². The van der Waals surface area contributed by atoms with E-state index < -0.39 is 0 Å². The Kier molecular flexibility index (Phi) is 3.30. The van der Waals surface area contributed by atoms with Crippen LogP contribution in [0.3, 0.4) is 0 Å². The summed E-state index contributed by atoms with van der Waals surface area (Å²) in [5, 5.41) is 0. The van der Waals surface area contributed by atoms with Crippen LogP contribution in [0.1, 0.15) is 25.8 Å². The lowest BCUT2D eigenvalue weighted by Crippen LogP contribution is -1.84. The molecule has 0 spiro atoms. The van der Waals surface area contributed by atoms with E-state index in [0.717, 1.165) is 23.0 Å². The van der Waals surface area contributed by atoms with Gasteiger partial charge < -0.3 is 0 Å². The molecule has 82 valence electrons. The van der Waals surface area contributed by atoms with Crippen LogP contribution in [0.25, 0.3) is 17.1 Å². The van der Waals surface area contributed by atoms with Crippen molar-refractivity contribution < 1.29 is 0 Å². The maximum absolute atomic E-state index is 4.37. The number of nitrogens with zero attached hydrogens (tertiary/aromatic N) is 2. The topological polar surface area (TPSA) is 25.8 Å². The van der Waals surface area contributed by atoms with Crippen molar-refractivity contribution in [2.45, 2.75) is 20.3 Å². The molecule has 0 aliphatic heterocycles. The van der Waals surface area contributed by atoms with Crippen molar-refractivity contribution in [1.29, 1.82) is 0 Å². The number of hydrogen-bond acceptors (Lipinski definition) is 2. The van der Waals surface area contributed by atoms with E-state index in [-0.39, 0.29) is 0 Å². The predicted molar refractivity (Wildman–Crippen MR) is 68.0 cm³/mol. The molecule has 0 aliphatic rings. The number of rotatable bonds is 3. The van der Waals surface area contributed by atoms with Gasteiger partial charge in [0.1, 0.15) is 0 Å². The molecule has 16 heavy (non-hydrogen) atoms. The number of allylic oxidation sites excluding steroid dienone is 1. The highest BCUT2D eigenvalue weighted by Crippen LogP contribution is 2.12. The van der Waals surface area contributed by atoms with Crippen LogP contribution in [-0.2, 0) is 0 Å². The molecule has 2 rings (SSSR count). The Morgan fingerprint density at radius 3 is 2.94 bits per heavy atom. The van der Waals surface area contributed by atoms with Crippen molar-refractivity contribution in [3.63, 3.8) is 0 Å². The first-order valence-electron chi connectivity index (χ1n) is 5.63. The Bertz CT molecular complexity index is 501. The normalized spacial score (nSPS) is 11.7. The molecule has 0 atom stereocenters. The third-order valence-corrected chi connectivity index (χ3v) is 2.39. The fraction of sp³-hybridized carbons (Fsp3) is 0.286. The zero-order valence-electron chi connectivity index (χ0n) is 9.72. The van der Waals surface area contributed by atoms with Gasteiger partial charge in [0.05, 0.1) is 11.0 Å². The Morgan fingerprint density at radius 2 is 2.12 bits per heavy atom. The van der Waals surface area contributed by atoms with Gasteiger partial charge in [-0.2, -0.15) is 0 Å². The average Bonchev–Trinajstić information content (AvgIpc) is 2.28. The standard InChI is InChI=1S/C14H16N2/c1-11(2)5-3-6-12-9-14-13(16-10-12)7-4-8-15-14/h3-4,6-11H,5H2,1-2H3/b6-3+. The molecule has 0 N–H and O–H groups in total. The highest BCUT2D eigenvalue weighted by Gasteiger charge is 1.95. The van der Waals surface area contributed by atoms with Gasteiger partial charge in [-0.1, -0.05) is 26.0 Å². The molecule has 2 heteroatoms. The van der Waals surface area contributed by atoms with Crippen LogP contribution in [-0.4, -0.2) is 9.97 Å². The van der Waals surface area contributed by atoms with Gasteiger partial charge in [0, 0.05) is 12.4 Å². The minimum absolute atomic E-state index is 0.697. The van der Waals surface area contributed by atoms with E-state index >= 15 is 0 Å². The Labute approximate surface area is 96.1 Å². The summed E-state index contributed by atoms with van der Waals surface area (Å²) in [7, 11) is 0. The maximum atomic E-state index is 4.37. The summed E-state index contributed by atoms with van der Waals surface area (Å²) in [4.78, 5) is 8.65. The summed E-state index contributed by atoms with van der Waals surface area (Å²) in [6.45, 7) is 4.43. The summed E-state index contributed by atoms with van der Waals surface area (Å²) in [6.07, 6.45) is 9.09. The molecule has 2 heterocycles. The fourth-order valence-corrected chi connectivity index (χ4v) is 1.54. The summed E-state index contributed by atoms with van der Waals surface area (Å²) in [5.41, 5.74) is 3.02. The molecule has 2 aromatic heterocycles. The second-order valence-electron chi connectivity index (χ2n) is 4.34. The van der Waals surface area contributed by atoms with Gasteiger partial charge in [0.15, 0.2) is 0 Å². The van der Waals surface area contributed by atoms with E-state index in [9.17, 15) is 0 Å². The SMILES string of the molecule is CC(C)C/C=C/c1cnc2cccnc2c1. The first-order valence-corrected chi connectivity index (χ1v) is 5.63. The molecular weight excluding hydrogens is 196 g/mol. The zero-order chi connectivity index (χ0) is 11.4. The molecule has 0 saturated carbocycles. The minimum atomic E-state index is 0.697. The maximum Gasteiger partial charge on any atom is 0.0892 e. The van der Waals surface area contributed by atoms with Crippen LogP contribution in [0, 0.1) is 5.92 Å². The molecule has 0 saturated heterocycles. The van der Waals surface area contributed by atoms with Crippen molar-refractivity contribution in [2.24, 2.45) is 5.92 Å². The van der Waals surface area contributed by atoms with Crippen LogP contribution >= 0.6 is 0 Å².